The van der Waals surface area contributed by atoms with Crippen LogP contribution in [0.5, 0.6) is 0 Å². The SMILES string of the molecule is O=C(O)C(=O)C=C(O)c1coc(Cc2cccc(F)c2)c1. The predicted molar refractivity (Wildman–Crippen MR) is 71.2 cm³/mol. The average molecular weight is 290 g/mol. The van der Waals surface area contributed by atoms with Crippen molar-refractivity contribution in [2.75, 3.05) is 0 Å². The minimum Gasteiger partial charge on any atom is -0.507 e. The van der Waals surface area contributed by atoms with Crippen molar-refractivity contribution in [3.05, 3.63) is 65.4 Å². The molecule has 0 unspecified atom stereocenters. The van der Waals surface area contributed by atoms with Crippen LogP contribution < -0.4 is 0 Å². The van der Waals surface area contributed by atoms with Gasteiger partial charge in [-0.2, -0.15) is 0 Å². The molecule has 0 amide bonds. The maximum Gasteiger partial charge on any atom is 0.376 e. The fourth-order valence-corrected chi connectivity index (χ4v) is 1.73. The van der Waals surface area contributed by atoms with E-state index in [1.807, 2.05) is 0 Å². The molecular weight excluding hydrogens is 279 g/mol. The first-order valence-corrected chi connectivity index (χ1v) is 5.96. The lowest BCUT2D eigenvalue weighted by molar-refractivity contribution is -0.146. The highest BCUT2D eigenvalue weighted by molar-refractivity contribution is 6.38. The lowest BCUT2D eigenvalue weighted by atomic mass is 10.1. The Balaban J connectivity index is 2.15. The molecule has 0 spiro atoms. The Morgan fingerprint density at radius 1 is 1.24 bits per heavy atom. The summed E-state index contributed by atoms with van der Waals surface area (Å²) in [6, 6.07) is 7.41. The number of carbonyl (C=O) groups is 2. The van der Waals surface area contributed by atoms with E-state index in [9.17, 15) is 19.1 Å². The summed E-state index contributed by atoms with van der Waals surface area (Å²) in [5.41, 5.74) is 0.858. The van der Waals surface area contributed by atoms with Crippen LogP contribution in [0.15, 0.2) is 47.1 Å². The van der Waals surface area contributed by atoms with Gasteiger partial charge in [-0.15, -0.1) is 0 Å². The van der Waals surface area contributed by atoms with E-state index in [1.54, 1.807) is 12.1 Å². The Labute approximate surface area is 118 Å². The van der Waals surface area contributed by atoms with Gasteiger partial charge in [-0.25, -0.2) is 9.18 Å². The minimum absolute atomic E-state index is 0.177. The third-order valence-electron chi connectivity index (χ3n) is 2.70. The molecule has 1 aromatic heterocycles. The van der Waals surface area contributed by atoms with Crippen LogP contribution in [-0.4, -0.2) is 22.0 Å². The third kappa shape index (κ3) is 3.79. The number of carboxylic acids is 1. The quantitative estimate of drug-likeness (QED) is 0.502. The van der Waals surface area contributed by atoms with E-state index in [0.717, 1.165) is 0 Å². The van der Waals surface area contributed by atoms with E-state index >= 15 is 0 Å². The molecule has 0 bridgehead atoms. The van der Waals surface area contributed by atoms with Gasteiger partial charge in [0.1, 0.15) is 23.6 Å². The van der Waals surface area contributed by atoms with Crippen LogP contribution in [0.4, 0.5) is 4.39 Å². The Kier molecular flexibility index (Phi) is 4.18. The standard InChI is InChI=1S/C15H11FO5/c16-11-3-1-2-9(4-11)5-12-6-10(8-21-12)13(17)7-14(18)15(19)20/h1-4,6-8,17H,5H2,(H,19,20). The van der Waals surface area contributed by atoms with Crippen LogP contribution in [0.1, 0.15) is 16.9 Å². The van der Waals surface area contributed by atoms with Gasteiger partial charge in [-0.05, 0) is 23.8 Å². The first-order chi connectivity index (χ1) is 9.95. The number of hydrogen-bond donors (Lipinski definition) is 2. The highest BCUT2D eigenvalue weighted by Crippen LogP contribution is 2.18. The molecule has 0 saturated carbocycles. The zero-order valence-electron chi connectivity index (χ0n) is 10.7. The molecule has 0 aliphatic rings. The number of furan rings is 1. The van der Waals surface area contributed by atoms with E-state index in [0.29, 0.717) is 23.8 Å². The zero-order chi connectivity index (χ0) is 15.4. The molecule has 0 saturated heterocycles. The van der Waals surface area contributed by atoms with Gasteiger partial charge in [0.15, 0.2) is 0 Å². The van der Waals surface area contributed by atoms with Crippen molar-refractivity contribution in [2.45, 2.75) is 6.42 Å². The van der Waals surface area contributed by atoms with Gasteiger partial charge in [0.2, 0.25) is 0 Å². The summed E-state index contributed by atoms with van der Waals surface area (Å²) >= 11 is 0. The highest BCUT2D eigenvalue weighted by atomic mass is 19.1. The molecular formula is C15H11FO5. The Morgan fingerprint density at radius 3 is 2.67 bits per heavy atom. The second-order valence-electron chi connectivity index (χ2n) is 4.31. The monoisotopic (exact) mass is 290 g/mol. The normalized spacial score (nSPS) is 11.4. The topological polar surface area (TPSA) is 87.7 Å². The number of rotatable bonds is 5. The molecule has 1 heterocycles. The zero-order valence-corrected chi connectivity index (χ0v) is 10.7. The fraction of sp³-hybridized carbons (Fsp3) is 0.0667. The van der Waals surface area contributed by atoms with Crippen molar-refractivity contribution in [2.24, 2.45) is 0 Å². The number of aliphatic carboxylic acids is 1. The van der Waals surface area contributed by atoms with Crippen molar-refractivity contribution in [1.29, 1.82) is 0 Å². The molecule has 1 aromatic carbocycles. The van der Waals surface area contributed by atoms with Gasteiger partial charge in [-0.1, -0.05) is 12.1 Å². The van der Waals surface area contributed by atoms with Crippen molar-refractivity contribution in [1.82, 2.24) is 0 Å². The number of benzene rings is 1. The molecule has 0 aliphatic heterocycles. The van der Waals surface area contributed by atoms with Crippen molar-refractivity contribution < 1.29 is 28.6 Å². The second-order valence-corrected chi connectivity index (χ2v) is 4.31. The number of carbonyl (C=O) groups excluding carboxylic acids is 1. The summed E-state index contributed by atoms with van der Waals surface area (Å²) in [6.07, 6.45) is 2.09. The van der Waals surface area contributed by atoms with E-state index in [2.05, 4.69) is 0 Å². The molecule has 108 valence electrons. The number of aliphatic hydroxyl groups is 1. The molecule has 2 aromatic rings. The lowest BCUT2D eigenvalue weighted by Gasteiger charge is -1.97. The van der Waals surface area contributed by atoms with E-state index in [4.69, 9.17) is 9.52 Å². The molecule has 0 fully saturated rings. The Morgan fingerprint density at radius 2 is 2.00 bits per heavy atom. The number of halogens is 1. The van der Waals surface area contributed by atoms with Gasteiger partial charge in [0.25, 0.3) is 5.78 Å². The third-order valence-corrected chi connectivity index (χ3v) is 2.70. The van der Waals surface area contributed by atoms with Crippen LogP contribution in [-0.2, 0) is 16.0 Å². The van der Waals surface area contributed by atoms with Gasteiger partial charge in [-0.3, -0.25) is 4.79 Å². The molecule has 0 atom stereocenters. The van der Waals surface area contributed by atoms with E-state index in [-0.39, 0.29) is 11.4 Å². The minimum atomic E-state index is -1.66. The highest BCUT2D eigenvalue weighted by Gasteiger charge is 2.12. The summed E-state index contributed by atoms with van der Waals surface area (Å²) in [4.78, 5) is 21.3. The maximum absolute atomic E-state index is 13.0. The van der Waals surface area contributed by atoms with Crippen LogP contribution >= 0.6 is 0 Å². The number of ketones is 1. The van der Waals surface area contributed by atoms with Crippen LogP contribution in [0, 0.1) is 5.82 Å². The molecule has 21 heavy (non-hydrogen) atoms. The van der Waals surface area contributed by atoms with Gasteiger partial charge >= 0.3 is 5.97 Å². The van der Waals surface area contributed by atoms with Crippen molar-refractivity contribution >= 4 is 17.5 Å². The summed E-state index contributed by atoms with van der Waals surface area (Å²) in [5, 5.41) is 18.1. The Hall–Kier alpha value is -2.89. The lowest BCUT2D eigenvalue weighted by Crippen LogP contribution is -2.09. The van der Waals surface area contributed by atoms with Gasteiger partial charge < -0.3 is 14.6 Å². The largest absolute Gasteiger partial charge is 0.507 e. The van der Waals surface area contributed by atoms with E-state index in [1.165, 1.54) is 24.5 Å². The Bertz CT molecular complexity index is 714. The molecule has 0 radical (unpaired) electrons. The maximum atomic E-state index is 13.0. The first-order valence-electron chi connectivity index (χ1n) is 5.96. The summed E-state index contributed by atoms with van der Waals surface area (Å²) < 4.78 is 18.2. The van der Waals surface area contributed by atoms with Crippen LogP contribution in [0.25, 0.3) is 5.76 Å². The average Bonchev–Trinajstić information content (AvgIpc) is 2.87. The number of carboxylic acid groups (broad SMARTS) is 1. The van der Waals surface area contributed by atoms with Gasteiger partial charge in [0, 0.05) is 12.5 Å². The smallest absolute Gasteiger partial charge is 0.376 e. The van der Waals surface area contributed by atoms with Gasteiger partial charge in [0.05, 0.1) is 5.56 Å². The summed E-state index contributed by atoms with van der Waals surface area (Å²) in [5.74, 6) is -3.32. The van der Waals surface area contributed by atoms with Crippen molar-refractivity contribution in [3.8, 4) is 0 Å². The second kappa shape index (κ2) is 6.04. The predicted octanol–water partition coefficient (Wildman–Crippen LogP) is 2.56. The molecule has 5 nitrogen and oxygen atoms in total. The molecule has 0 aliphatic carbocycles. The molecule has 6 heteroatoms. The fourth-order valence-electron chi connectivity index (χ4n) is 1.73. The van der Waals surface area contributed by atoms with Crippen LogP contribution in [0.3, 0.4) is 0 Å². The molecule has 2 rings (SSSR count). The first kappa shape index (κ1) is 14.5. The number of aliphatic hydroxyl groups excluding tert-OH is 1. The van der Waals surface area contributed by atoms with Crippen LogP contribution in [0.2, 0.25) is 0 Å². The number of hydrogen-bond acceptors (Lipinski definition) is 4. The summed E-state index contributed by atoms with van der Waals surface area (Å²) in [6.45, 7) is 0. The van der Waals surface area contributed by atoms with E-state index < -0.39 is 17.5 Å². The molecule has 2 N–H and O–H groups in total. The van der Waals surface area contributed by atoms with Crippen molar-refractivity contribution in [3.63, 3.8) is 0 Å². The summed E-state index contributed by atoms with van der Waals surface area (Å²) in [7, 11) is 0.